The van der Waals surface area contributed by atoms with Crippen LogP contribution >= 0.6 is 11.3 Å². The molecule has 9 heteroatoms. The predicted molar refractivity (Wildman–Crippen MR) is 168 cm³/mol. The molecular weight excluding hydrogens is 564 g/mol. The normalized spacial score (nSPS) is 19.1. The van der Waals surface area contributed by atoms with Crippen molar-refractivity contribution in [3.05, 3.63) is 81.9 Å². The molecule has 1 N–H and O–H groups in total. The minimum Gasteiger partial charge on any atom is -0.507 e. The molecule has 8 nitrogen and oxygen atoms in total. The Morgan fingerprint density at radius 3 is 2.65 bits per heavy atom. The molecule has 222 valence electrons. The molecule has 3 aromatic carbocycles. The van der Waals surface area contributed by atoms with Gasteiger partial charge in [0.1, 0.15) is 17.6 Å². The summed E-state index contributed by atoms with van der Waals surface area (Å²) in [6.07, 6.45) is 1.54. The van der Waals surface area contributed by atoms with Crippen LogP contribution in [0.25, 0.3) is 16.0 Å². The number of rotatable bonds is 8. The van der Waals surface area contributed by atoms with Gasteiger partial charge in [0.25, 0.3) is 5.78 Å². The zero-order valence-electron chi connectivity index (χ0n) is 24.9. The quantitative estimate of drug-likeness (QED) is 0.132. The van der Waals surface area contributed by atoms with E-state index in [2.05, 4.69) is 0 Å². The van der Waals surface area contributed by atoms with Crippen molar-refractivity contribution in [3.8, 4) is 17.2 Å². The second kappa shape index (κ2) is 11.4. The van der Waals surface area contributed by atoms with E-state index in [4.69, 9.17) is 19.2 Å². The number of amides is 1. The summed E-state index contributed by atoms with van der Waals surface area (Å²) in [5, 5.41) is 12.1. The highest BCUT2D eigenvalue weighted by atomic mass is 32.1. The minimum absolute atomic E-state index is 0.00579. The van der Waals surface area contributed by atoms with Gasteiger partial charge in [-0.1, -0.05) is 30.4 Å². The lowest BCUT2D eigenvalue weighted by Crippen LogP contribution is -2.29. The molecule has 6 rings (SSSR count). The Kier molecular flexibility index (Phi) is 7.60. The number of ether oxygens (including phenoxy) is 3. The fraction of sp³-hybridized carbons (Fsp3) is 0.324. The van der Waals surface area contributed by atoms with Crippen molar-refractivity contribution in [3.63, 3.8) is 0 Å². The largest absolute Gasteiger partial charge is 0.507 e. The highest BCUT2D eigenvalue weighted by Crippen LogP contribution is 2.46. The van der Waals surface area contributed by atoms with Crippen molar-refractivity contribution in [2.24, 2.45) is 0 Å². The van der Waals surface area contributed by atoms with E-state index in [0.717, 1.165) is 39.1 Å². The van der Waals surface area contributed by atoms with E-state index in [9.17, 15) is 14.7 Å². The fourth-order valence-electron chi connectivity index (χ4n) is 5.83. The van der Waals surface area contributed by atoms with Crippen LogP contribution in [-0.2, 0) is 16.0 Å². The molecule has 0 bridgehead atoms. The lowest BCUT2D eigenvalue weighted by molar-refractivity contribution is -0.132. The molecule has 0 aliphatic carbocycles. The third kappa shape index (κ3) is 5.12. The molecule has 0 saturated carbocycles. The van der Waals surface area contributed by atoms with Gasteiger partial charge in [0.2, 0.25) is 0 Å². The molecule has 43 heavy (non-hydrogen) atoms. The van der Waals surface area contributed by atoms with Gasteiger partial charge in [-0.25, -0.2) is 4.98 Å². The fourth-order valence-corrected chi connectivity index (χ4v) is 6.99. The smallest absolute Gasteiger partial charge is 0.301 e. The number of aryl methyl sites for hydroxylation is 2. The van der Waals surface area contributed by atoms with Crippen LogP contribution in [0, 0.1) is 13.8 Å². The van der Waals surface area contributed by atoms with Gasteiger partial charge in [0.05, 0.1) is 35.0 Å². The maximum Gasteiger partial charge on any atom is 0.301 e. The molecule has 1 amide bonds. The number of aliphatic hydroxyl groups excluding tert-OH is 1. The second-order valence-electron chi connectivity index (χ2n) is 11.0. The van der Waals surface area contributed by atoms with Gasteiger partial charge in [-0.3, -0.25) is 14.5 Å². The number of benzene rings is 3. The Hall–Kier alpha value is -4.37. The van der Waals surface area contributed by atoms with E-state index in [1.54, 1.807) is 24.3 Å². The predicted octanol–water partition coefficient (Wildman–Crippen LogP) is 7.05. The second-order valence-corrected chi connectivity index (χ2v) is 12.0. The van der Waals surface area contributed by atoms with Crippen molar-refractivity contribution in [1.82, 2.24) is 4.98 Å². The third-order valence-corrected chi connectivity index (χ3v) is 8.69. The number of hydrogen-bond donors (Lipinski definition) is 1. The monoisotopic (exact) mass is 598 g/mol. The number of ketones is 1. The molecule has 1 aromatic heterocycles. The number of aliphatic hydroxyl groups is 1. The molecular formula is C34H34N2O6S. The van der Waals surface area contributed by atoms with Gasteiger partial charge in [-0.2, -0.15) is 0 Å². The molecule has 1 saturated heterocycles. The van der Waals surface area contributed by atoms with Gasteiger partial charge in [-0.15, -0.1) is 0 Å². The number of fused-ring (bicyclic) bond motifs is 2. The number of carbonyl (C=O) groups excluding carboxylic acids is 2. The van der Waals surface area contributed by atoms with E-state index in [1.165, 1.54) is 16.2 Å². The number of carbonyl (C=O) groups is 2. The minimum atomic E-state index is -0.940. The van der Waals surface area contributed by atoms with Crippen molar-refractivity contribution in [2.45, 2.75) is 59.6 Å². The Morgan fingerprint density at radius 1 is 1.07 bits per heavy atom. The van der Waals surface area contributed by atoms with Crippen molar-refractivity contribution in [1.29, 1.82) is 0 Å². The first-order valence-corrected chi connectivity index (χ1v) is 15.4. The van der Waals surface area contributed by atoms with Crippen LogP contribution in [0.5, 0.6) is 17.2 Å². The number of hydrogen-bond acceptors (Lipinski definition) is 8. The van der Waals surface area contributed by atoms with Gasteiger partial charge in [-0.05, 0) is 92.8 Å². The Bertz CT molecular complexity index is 1790. The van der Waals surface area contributed by atoms with E-state index in [-0.39, 0.29) is 17.4 Å². The van der Waals surface area contributed by atoms with E-state index < -0.39 is 17.7 Å². The van der Waals surface area contributed by atoms with Gasteiger partial charge < -0.3 is 19.3 Å². The first-order chi connectivity index (χ1) is 20.7. The van der Waals surface area contributed by atoms with Crippen molar-refractivity contribution < 1.29 is 28.9 Å². The molecule has 1 fully saturated rings. The molecule has 0 radical (unpaired) electrons. The summed E-state index contributed by atoms with van der Waals surface area (Å²) >= 11 is 1.35. The lowest BCUT2D eigenvalue weighted by Gasteiger charge is -2.24. The summed E-state index contributed by atoms with van der Waals surface area (Å²) in [5.74, 6) is 0.0592. The molecule has 2 aliphatic heterocycles. The van der Waals surface area contributed by atoms with Gasteiger partial charge >= 0.3 is 5.91 Å². The van der Waals surface area contributed by atoms with Crippen LogP contribution in [0.4, 0.5) is 5.13 Å². The van der Waals surface area contributed by atoms with Crippen LogP contribution in [0.1, 0.15) is 61.1 Å². The van der Waals surface area contributed by atoms with E-state index >= 15 is 0 Å². The zero-order chi connectivity index (χ0) is 30.4. The first kappa shape index (κ1) is 28.7. The van der Waals surface area contributed by atoms with Crippen molar-refractivity contribution >= 4 is 44.1 Å². The standard InChI is InChI=1S/C34H34N2O6S/c1-6-12-41-25-11-8-21(17-26(25)40-7-2)30-28(31(37)22-9-10-24-23(16-22)15-20(5)42-24)32(38)33(39)36(30)34-35-29-19(4)13-18(3)14-27(29)43-34/h8-11,13-14,16-17,20,30,37H,6-7,12,15H2,1-5H3/b31-28+/t20-,30+/m1/s1. The van der Waals surface area contributed by atoms with Crippen LogP contribution in [0.2, 0.25) is 0 Å². The summed E-state index contributed by atoms with van der Waals surface area (Å²) in [6, 6.07) is 13.8. The Morgan fingerprint density at radius 2 is 1.88 bits per heavy atom. The summed E-state index contributed by atoms with van der Waals surface area (Å²) in [6.45, 7) is 10.8. The van der Waals surface area contributed by atoms with Gasteiger partial charge in [0.15, 0.2) is 16.6 Å². The maximum absolute atomic E-state index is 13.8. The first-order valence-electron chi connectivity index (χ1n) is 14.6. The number of anilines is 1. The molecule has 3 heterocycles. The van der Waals surface area contributed by atoms with Gasteiger partial charge in [0, 0.05) is 12.0 Å². The van der Waals surface area contributed by atoms with Crippen LogP contribution in [0.3, 0.4) is 0 Å². The summed E-state index contributed by atoms with van der Waals surface area (Å²) in [4.78, 5) is 33.9. The molecule has 2 aliphatic rings. The summed E-state index contributed by atoms with van der Waals surface area (Å²) in [5.41, 5.74) is 4.82. The van der Waals surface area contributed by atoms with E-state index in [0.29, 0.717) is 47.4 Å². The zero-order valence-corrected chi connectivity index (χ0v) is 25.7. The molecule has 4 aromatic rings. The van der Waals surface area contributed by atoms with Crippen LogP contribution in [0.15, 0.2) is 54.1 Å². The third-order valence-electron chi connectivity index (χ3n) is 7.68. The average Bonchev–Trinajstić information content (AvgIpc) is 3.64. The maximum atomic E-state index is 13.8. The average molecular weight is 599 g/mol. The number of aromatic nitrogens is 1. The summed E-state index contributed by atoms with van der Waals surface area (Å²) < 4.78 is 18.6. The number of Topliss-reactive ketones (excluding diaryl/α,β-unsaturated/α-hetero) is 1. The number of nitrogens with zero attached hydrogens (tertiary/aromatic N) is 2. The SMILES string of the molecule is CCCOc1ccc([C@H]2/C(=C(\O)c3ccc4c(c3)C[C@@H](C)O4)C(=O)C(=O)N2c2nc3c(C)cc(C)cc3s2)cc1OCC. The van der Waals surface area contributed by atoms with Crippen LogP contribution < -0.4 is 19.1 Å². The number of thiazole rings is 1. The highest BCUT2D eigenvalue weighted by Gasteiger charge is 2.48. The Balaban J connectivity index is 1.54. The van der Waals surface area contributed by atoms with Crippen LogP contribution in [-0.4, -0.2) is 41.1 Å². The van der Waals surface area contributed by atoms with Crippen molar-refractivity contribution in [2.75, 3.05) is 18.1 Å². The molecule has 0 unspecified atom stereocenters. The molecule has 0 spiro atoms. The summed E-state index contributed by atoms with van der Waals surface area (Å²) in [7, 11) is 0. The topological polar surface area (TPSA) is 98.2 Å². The Labute approximate surface area is 254 Å². The highest BCUT2D eigenvalue weighted by molar-refractivity contribution is 7.22. The lowest BCUT2D eigenvalue weighted by atomic mass is 9.94. The van der Waals surface area contributed by atoms with E-state index in [1.807, 2.05) is 58.9 Å². The molecule has 2 atom stereocenters.